The van der Waals surface area contributed by atoms with Gasteiger partial charge in [-0.15, -0.1) is 0 Å². The summed E-state index contributed by atoms with van der Waals surface area (Å²) in [7, 11) is 0. The number of ether oxygens (including phenoxy) is 3. The highest BCUT2D eigenvalue weighted by Crippen LogP contribution is 2.20. The van der Waals surface area contributed by atoms with Gasteiger partial charge in [0.05, 0.1) is 23.6 Å². The number of halogens is 1. The Hall–Kier alpha value is -4.02. The minimum atomic E-state index is -0.608. The number of fused-ring (bicyclic) bond motifs is 1. The van der Waals surface area contributed by atoms with Gasteiger partial charge >= 0.3 is 11.9 Å². The van der Waals surface area contributed by atoms with Crippen LogP contribution in [0.1, 0.15) is 34.1 Å². The summed E-state index contributed by atoms with van der Waals surface area (Å²) in [5.74, 6) is -0.937. The van der Waals surface area contributed by atoms with Crippen LogP contribution in [0.2, 0.25) is 5.15 Å². The Bertz CT molecular complexity index is 1330. The molecule has 0 bridgehead atoms. The molecular formula is C25H24ClN5O5. The number of esters is 2. The Kier molecular flexibility index (Phi) is 8.09. The average Bonchev–Trinajstić information content (AvgIpc) is 3.29. The van der Waals surface area contributed by atoms with Gasteiger partial charge in [-0.3, -0.25) is 4.57 Å². The molecular weight excluding hydrogens is 486 g/mol. The standard InChI is InChI=1S/C25H24ClN5O5/c1-16(36-24(33)18-10-6-3-7-11-18)12-19(13-34-23(32)17-8-4-2-5-9-17)35-15-31-14-28-20-21(26)29-25(27)30-22(20)31/h2-11,14,16,19H,12-13,15H2,1H3,(H2,27,29,30). The Balaban J connectivity index is 1.44. The highest BCUT2D eigenvalue weighted by Gasteiger charge is 2.21. The van der Waals surface area contributed by atoms with Crippen molar-refractivity contribution in [1.82, 2.24) is 19.5 Å². The Morgan fingerprint density at radius 3 is 2.31 bits per heavy atom. The second-order valence-electron chi connectivity index (χ2n) is 7.96. The molecule has 2 heterocycles. The summed E-state index contributed by atoms with van der Waals surface area (Å²) in [6.45, 7) is 1.69. The first-order valence-electron chi connectivity index (χ1n) is 11.1. The summed E-state index contributed by atoms with van der Waals surface area (Å²) in [5.41, 5.74) is 7.35. The number of imidazole rings is 1. The van der Waals surface area contributed by atoms with Gasteiger partial charge in [0.1, 0.15) is 25.0 Å². The third-order valence-electron chi connectivity index (χ3n) is 5.21. The van der Waals surface area contributed by atoms with Crippen LogP contribution in [0.5, 0.6) is 0 Å². The van der Waals surface area contributed by atoms with E-state index in [1.165, 1.54) is 6.33 Å². The quantitative estimate of drug-likeness (QED) is 0.249. The van der Waals surface area contributed by atoms with Crippen molar-refractivity contribution >= 4 is 40.7 Å². The Morgan fingerprint density at radius 2 is 1.64 bits per heavy atom. The van der Waals surface area contributed by atoms with Crippen molar-refractivity contribution in [3.63, 3.8) is 0 Å². The normalized spacial score (nSPS) is 12.7. The van der Waals surface area contributed by atoms with Crippen molar-refractivity contribution in [2.75, 3.05) is 12.3 Å². The zero-order valence-corrected chi connectivity index (χ0v) is 20.2. The minimum Gasteiger partial charge on any atom is -0.459 e. The number of nitrogen functional groups attached to an aromatic ring is 1. The maximum absolute atomic E-state index is 12.5. The van der Waals surface area contributed by atoms with Crippen LogP contribution < -0.4 is 5.73 Å². The maximum atomic E-state index is 12.5. The van der Waals surface area contributed by atoms with E-state index in [1.54, 1.807) is 60.0 Å². The number of rotatable bonds is 10. The fourth-order valence-electron chi connectivity index (χ4n) is 3.46. The van der Waals surface area contributed by atoms with Crippen LogP contribution in [0.4, 0.5) is 5.95 Å². The van der Waals surface area contributed by atoms with E-state index < -0.39 is 24.1 Å². The van der Waals surface area contributed by atoms with Crippen LogP contribution in [-0.2, 0) is 20.9 Å². The summed E-state index contributed by atoms with van der Waals surface area (Å²) in [6.07, 6.45) is 0.634. The number of carbonyl (C=O) groups excluding carboxylic acids is 2. The summed E-state index contributed by atoms with van der Waals surface area (Å²) in [5, 5.41) is 0.131. The van der Waals surface area contributed by atoms with Crippen molar-refractivity contribution in [3.05, 3.63) is 83.3 Å². The molecule has 36 heavy (non-hydrogen) atoms. The molecule has 11 heteroatoms. The lowest BCUT2D eigenvalue weighted by Crippen LogP contribution is -2.29. The first-order valence-corrected chi connectivity index (χ1v) is 11.5. The van der Waals surface area contributed by atoms with Gasteiger partial charge < -0.3 is 19.9 Å². The second kappa shape index (κ2) is 11.6. The van der Waals surface area contributed by atoms with Gasteiger partial charge in [0.25, 0.3) is 0 Å². The molecule has 2 N–H and O–H groups in total. The topological polar surface area (TPSA) is 131 Å². The highest BCUT2D eigenvalue weighted by atomic mass is 35.5. The van der Waals surface area contributed by atoms with E-state index in [0.717, 1.165) is 0 Å². The number of nitrogens with two attached hydrogens (primary N) is 1. The smallest absolute Gasteiger partial charge is 0.338 e. The predicted molar refractivity (Wildman–Crippen MR) is 132 cm³/mol. The molecule has 186 valence electrons. The van der Waals surface area contributed by atoms with Crippen molar-refractivity contribution in [3.8, 4) is 0 Å². The lowest BCUT2D eigenvalue weighted by Gasteiger charge is -2.22. The molecule has 0 radical (unpaired) electrons. The molecule has 0 spiro atoms. The molecule has 10 nitrogen and oxygen atoms in total. The van der Waals surface area contributed by atoms with Crippen LogP contribution >= 0.6 is 11.6 Å². The lowest BCUT2D eigenvalue weighted by molar-refractivity contribution is -0.0551. The molecule has 0 amide bonds. The molecule has 0 aliphatic carbocycles. The summed E-state index contributed by atoms with van der Waals surface area (Å²) in [4.78, 5) is 37.2. The summed E-state index contributed by atoms with van der Waals surface area (Å²) < 4.78 is 18.7. The molecule has 2 aromatic heterocycles. The third-order valence-corrected chi connectivity index (χ3v) is 5.47. The highest BCUT2D eigenvalue weighted by molar-refractivity contribution is 6.33. The van der Waals surface area contributed by atoms with E-state index in [2.05, 4.69) is 15.0 Å². The molecule has 0 saturated carbocycles. The summed E-state index contributed by atoms with van der Waals surface area (Å²) >= 11 is 6.10. The fraction of sp³-hybridized carbons (Fsp3) is 0.240. The fourth-order valence-corrected chi connectivity index (χ4v) is 3.68. The van der Waals surface area contributed by atoms with Gasteiger partial charge in [-0.1, -0.05) is 48.0 Å². The Morgan fingerprint density at radius 1 is 1.00 bits per heavy atom. The van der Waals surface area contributed by atoms with Gasteiger partial charge in [0, 0.05) is 6.42 Å². The van der Waals surface area contributed by atoms with Gasteiger partial charge in [-0.25, -0.2) is 14.6 Å². The largest absolute Gasteiger partial charge is 0.459 e. The van der Waals surface area contributed by atoms with Crippen molar-refractivity contribution < 1.29 is 23.8 Å². The predicted octanol–water partition coefficient (Wildman–Crippen LogP) is 3.90. The Labute approximate surface area is 212 Å². The zero-order valence-electron chi connectivity index (χ0n) is 19.4. The monoisotopic (exact) mass is 509 g/mol. The third kappa shape index (κ3) is 6.35. The first-order chi connectivity index (χ1) is 17.4. The molecule has 4 aromatic rings. The number of hydrogen-bond acceptors (Lipinski definition) is 9. The van der Waals surface area contributed by atoms with Crippen LogP contribution in [-0.4, -0.2) is 50.3 Å². The average molecular weight is 510 g/mol. The van der Waals surface area contributed by atoms with Crippen molar-refractivity contribution in [2.45, 2.75) is 32.3 Å². The van der Waals surface area contributed by atoms with E-state index in [0.29, 0.717) is 22.3 Å². The number of aromatic nitrogens is 4. The summed E-state index contributed by atoms with van der Waals surface area (Å²) in [6, 6.07) is 17.3. The van der Waals surface area contributed by atoms with E-state index >= 15 is 0 Å². The SMILES string of the molecule is CC(CC(COC(=O)c1ccccc1)OCn1cnc2c(Cl)nc(N)nc21)OC(=O)c1ccccc1. The zero-order chi connectivity index (χ0) is 25.5. The number of anilines is 1. The van der Waals surface area contributed by atoms with Gasteiger partial charge in [-0.2, -0.15) is 9.97 Å². The molecule has 0 fully saturated rings. The molecule has 2 unspecified atom stereocenters. The second-order valence-corrected chi connectivity index (χ2v) is 8.32. The van der Waals surface area contributed by atoms with E-state index in [-0.39, 0.29) is 30.9 Å². The first kappa shape index (κ1) is 25.1. The molecule has 2 aromatic carbocycles. The van der Waals surface area contributed by atoms with Crippen LogP contribution in [0.25, 0.3) is 11.2 Å². The number of hydrogen-bond donors (Lipinski definition) is 1. The lowest BCUT2D eigenvalue weighted by atomic mass is 10.1. The maximum Gasteiger partial charge on any atom is 0.338 e. The molecule has 0 saturated heterocycles. The van der Waals surface area contributed by atoms with Gasteiger partial charge in [0.2, 0.25) is 5.95 Å². The number of benzene rings is 2. The van der Waals surface area contributed by atoms with Gasteiger partial charge in [0.15, 0.2) is 10.8 Å². The molecule has 0 aliphatic rings. The van der Waals surface area contributed by atoms with Crippen molar-refractivity contribution in [2.24, 2.45) is 0 Å². The van der Waals surface area contributed by atoms with E-state index in [4.69, 9.17) is 31.5 Å². The van der Waals surface area contributed by atoms with E-state index in [1.807, 2.05) is 12.1 Å². The number of nitrogens with zero attached hydrogens (tertiary/aromatic N) is 4. The molecule has 0 aliphatic heterocycles. The van der Waals surface area contributed by atoms with Crippen LogP contribution in [0, 0.1) is 0 Å². The minimum absolute atomic E-state index is 0.00374. The van der Waals surface area contributed by atoms with Crippen LogP contribution in [0.15, 0.2) is 67.0 Å². The number of carbonyl (C=O) groups is 2. The van der Waals surface area contributed by atoms with Gasteiger partial charge in [-0.05, 0) is 31.2 Å². The van der Waals surface area contributed by atoms with Crippen LogP contribution in [0.3, 0.4) is 0 Å². The molecule has 4 rings (SSSR count). The van der Waals surface area contributed by atoms with Crippen molar-refractivity contribution in [1.29, 1.82) is 0 Å². The molecule has 2 atom stereocenters. The van der Waals surface area contributed by atoms with E-state index in [9.17, 15) is 9.59 Å².